The van der Waals surface area contributed by atoms with Crippen LogP contribution >= 0.6 is 0 Å². The molecule has 5 rings (SSSR count). The van der Waals surface area contributed by atoms with Crippen molar-refractivity contribution >= 4 is 27.5 Å². The summed E-state index contributed by atoms with van der Waals surface area (Å²) in [6.45, 7) is 5.56. The van der Waals surface area contributed by atoms with Crippen molar-refractivity contribution in [3.05, 3.63) is 131 Å². The van der Waals surface area contributed by atoms with Gasteiger partial charge in [0.1, 0.15) is 12.6 Å². The van der Waals surface area contributed by atoms with E-state index in [0.29, 0.717) is 12.1 Å². The van der Waals surface area contributed by atoms with Gasteiger partial charge in [0.25, 0.3) is 10.0 Å². The molecule has 0 aromatic heterocycles. The highest BCUT2D eigenvalue weighted by molar-refractivity contribution is 7.92. The van der Waals surface area contributed by atoms with E-state index in [1.807, 2.05) is 81.4 Å². The summed E-state index contributed by atoms with van der Waals surface area (Å²) in [5.41, 5.74) is 5.12. The lowest BCUT2D eigenvalue weighted by atomic mass is 9.94. The number of carbonyl (C=O) groups excluding carboxylic acids is 2. The van der Waals surface area contributed by atoms with Crippen LogP contribution < -0.4 is 9.62 Å². The van der Waals surface area contributed by atoms with Gasteiger partial charge in [0.2, 0.25) is 11.8 Å². The van der Waals surface area contributed by atoms with Crippen LogP contribution in [-0.2, 0) is 32.6 Å². The van der Waals surface area contributed by atoms with E-state index in [0.717, 1.165) is 59.9 Å². The Morgan fingerprint density at radius 1 is 0.766 bits per heavy atom. The van der Waals surface area contributed by atoms with E-state index in [2.05, 4.69) is 5.32 Å². The summed E-state index contributed by atoms with van der Waals surface area (Å²) in [7, 11) is -4.14. The molecule has 2 amide bonds. The third-order valence-electron chi connectivity index (χ3n) is 9.21. The highest BCUT2D eigenvalue weighted by Gasteiger charge is 2.35. The molecule has 1 atom stereocenters. The van der Waals surface area contributed by atoms with Gasteiger partial charge in [0, 0.05) is 19.0 Å². The Bertz CT molecular complexity index is 1770. The number of benzene rings is 4. The molecule has 0 aliphatic heterocycles. The van der Waals surface area contributed by atoms with Crippen LogP contribution in [0.15, 0.2) is 108 Å². The lowest BCUT2D eigenvalue weighted by Crippen LogP contribution is -2.55. The third kappa shape index (κ3) is 8.49. The number of hydrogen-bond donors (Lipinski definition) is 1. The lowest BCUT2D eigenvalue weighted by molar-refractivity contribution is -0.140. The molecule has 1 aliphatic carbocycles. The smallest absolute Gasteiger partial charge is 0.264 e. The number of anilines is 1. The standard InChI is InChI=1S/C39H45N3O4S/c1-29-23-24-35(25-31(29)3)42(47(45,46)36-21-11-6-12-22-36)28-38(43)41(27-33-18-14-13-15-30(33)2)37(26-32-16-7-4-8-17-32)39(44)40-34-19-9-5-10-20-34/h4,6-8,11-18,21-25,34,37H,5,9-10,19-20,26-28H2,1-3H3,(H,40,44)/t37-/m0/s1. The number of carbonyl (C=O) groups is 2. The second-order valence-electron chi connectivity index (χ2n) is 12.6. The second kappa shape index (κ2) is 15.4. The summed E-state index contributed by atoms with van der Waals surface area (Å²) in [5.74, 6) is -0.669. The van der Waals surface area contributed by atoms with Crippen LogP contribution in [0.2, 0.25) is 0 Å². The van der Waals surface area contributed by atoms with Crippen LogP contribution in [0.5, 0.6) is 0 Å². The summed E-state index contributed by atoms with van der Waals surface area (Å²) < 4.78 is 29.6. The van der Waals surface area contributed by atoms with Crippen molar-refractivity contribution in [3.63, 3.8) is 0 Å². The van der Waals surface area contributed by atoms with Crippen LogP contribution in [0.25, 0.3) is 0 Å². The molecule has 246 valence electrons. The van der Waals surface area contributed by atoms with Crippen LogP contribution in [0, 0.1) is 20.8 Å². The first-order valence-electron chi connectivity index (χ1n) is 16.5. The molecule has 1 fully saturated rings. The predicted molar refractivity (Wildman–Crippen MR) is 188 cm³/mol. The number of rotatable bonds is 12. The number of sulfonamides is 1. The minimum atomic E-state index is -4.14. The minimum absolute atomic E-state index is 0.0513. The summed E-state index contributed by atoms with van der Waals surface area (Å²) in [6, 6.07) is 30.2. The monoisotopic (exact) mass is 651 g/mol. The SMILES string of the molecule is Cc1ccc(N(CC(=O)N(Cc2ccccc2C)[C@@H](Cc2ccccc2)C(=O)NC2CCCCC2)S(=O)(=O)c2ccccc2)cc1C. The molecule has 8 heteroatoms. The first-order valence-corrected chi connectivity index (χ1v) is 17.9. The highest BCUT2D eigenvalue weighted by atomic mass is 32.2. The number of amides is 2. The minimum Gasteiger partial charge on any atom is -0.352 e. The van der Waals surface area contributed by atoms with E-state index in [9.17, 15) is 18.0 Å². The molecule has 4 aromatic rings. The zero-order valence-corrected chi connectivity index (χ0v) is 28.4. The van der Waals surface area contributed by atoms with Crippen molar-refractivity contribution in [3.8, 4) is 0 Å². The van der Waals surface area contributed by atoms with Gasteiger partial charge in [-0.25, -0.2) is 8.42 Å². The van der Waals surface area contributed by atoms with E-state index in [1.165, 1.54) is 16.4 Å². The number of nitrogens with one attached hydrogen (secondary N) is 1. The molecular weight excluding hydrogens is 607 g/mol. The van der Waals surface area contributed by atoms with Crippen LogP contribution in [0.1, 0.15) is 59.9 Å². The number of nitrogens with zero attached hydrogens (tertiary/aromatic N) is 2. The van der Waals surface area contributed by atoms with Gasteiger partial charge in [-0.1, -0.05) is 98.1 Å². The first kappa shape index (κ1) is 33.9. The third-order valence-corrected chi connectivity index (χ3v) is 11.0. The molecule has 47 heavy (non-hydrogen) atoms. The molecule has 4 aromatic carbocycles. The van der Waals surface area contributed by atoms with E-state index >= 15 is 0 Å². The van der Waals surface area contributed by atoms with Gasteiger partial charge in [-0.2, -0.15) is 0 Å². The molecule has 1 N–H and O–H groups in total. The average molecular weight is 652 g/mol. The molecule has 7 nitrogen and oxygen atoms in total. The maximum absolute atomic E-state index is 14.7. The van der Waals surface area contributed by atoms with Gasteiger partial charge in [-0.15, -0.1) is 0 Å². The first-order chi connectivity index (χ1) is 22.6. The Balaban J connectivity index is 1.58. The zero-order valence-electron chi connectivity index (χ0n) is 27.6. The summed E-state index contributed by atoms with van der Waals surface area (Å²) >= 11 is 0. The molecule has 0 unspecified atom stereocenters. The fourth-order valence-corrected chi connectivity index (χ4v) is 7.63. The quantitative estimate of drug-likeness (QED) is 0.181. The maximum atomic E-state index is 14.7. The van der Waals surface area contributed by atoms with Gasteiger partial charge < -0.3 is 10.2 Å². The highest BCUT2D eigenvalue weighted by Crippen LogP contribution is 2.27. The Hall–Kier alpha value is -4.43. The van der Waals surface area contributed by atoms with Gasteiger partial charge in [-0.05, 0) is 85.7 Å². The van der Waals surface area contributed by atoms with Crippen LogP contribution in [0.3, 0.4) is 0 Å². The Kier molecular flexibility index (Phi) is 11.1. The van der Waals surface area contributed by atoms with E-state index in [-0.39, 0.29) is 23.4 Å². The van der Waals surface area contributed by atoms with Gasteiger partial charge in [0.05, 0.1) is 10.6 Å². The van der Waals surface area contributed by atoms with Crippen molar-refractivity contribution in [1.82, 2.24) is 10.2 Å². The lowest BCUT2D eigenvalue weighted by Gasteiger charge is -2.35. The Labute approximate surface area is 279 Å². The van der Waals surface area contributed by atoms with Crippen molar-refractivity contribution in [2.45, 2.75) is 82.8 Å². The van der Waals surface area contributed by atoms with E-state index in [4.69, 9.17) is 0 Å². The van der Waals surface area contributed by atoms with Crippen molar-refractivity contribution in [2.75, 3.05) is 10.8 Å². The second-order valence-corrected chi connectivity index (χ2v) is 14.5. The summed E-state index contributed by atoms with van der Waals surface area (Å²) in [5, 5.41) is 3.27. The molecular formula is C39H45N3O4S. The van der Waals surface area contributed by atoms with Gasteiger partial charge >= 0.3 is 0 Å². The largest absolute Gasteiger partial charge is 0.352 e. The predicted octanol–water partition coefficient (Wildman–Crippen LogP) is 6.90. The normalized spacial score (nSPS) is 14.3. The van der Waals surface area contributed by atoms with E-state index in [1.54, 1.807) is 35.2 Å². The fourth-order valence-electron chi connectivity index (χ4n) is 6.20. The van der Waals surface area contributed by atoms with Gasteiger partial charge in [0.15, 0.2) is 0 Å². The molecule has 0 heterocycles. The van der Waals surface area contributed by atoms with Crippen LogP contribution in [-0.4, -0.2) is 43.8 Å². The Morgan fingerprint density at radius 2 is 1.40 bits per heavy atom. The van der Waals surface area contributed by atoms with E-state index < -0.39 is 28.5 Å². The van der Waals surface area contributed by atoms with Crippen molar-refractivity contribution < 1.29 is 18.0 Å². The van der Waals surface area contributed by atoms with Crippen LogP contribution in [0.4, 0.5) is 5.69 Å². The average Bonchev–Trinajstić information content (AvgIpc) is 3.08. The fraction of sp³-hybridized carbons (Fsp3) is 0.333. The summed E-state index contributed by atoms with van der Waals surface area (Å²) in [4.78, 5) is 30.7. The molecule has 0 radical (unpaired) electrons. The topological polar surface area (TPSA) is 86.8 Å². The molecule has 1 saturated carbocycles. The van der Waals surface area contributed by atoms with Crippen molar-refractivity contribution in [2.24, 2.45) is 0 Å². The van der Waals surface area contributed by atoms with Gasteiger partial charge in [-0.3, -0.25) is 13.9 Å². The summed E-state index contributed by atoms with van der Waals surface area (Å²) in [6.07, 6.45) is 5.38. The molecule has 0 bridgehead atoms. The number of aryl methyl sites for hydroxylation is 3. The number of hydrogen-bond acceptors (Lipinski definition) is 4. The Morgan fingerprint density at radius 3 is 2.06 bits per heavy atom. The van der Waals surface area contributed by atoms with Crippen molar-refractivity contribution in [1.29, 1.82) is 0 Å². The molecule has 0 spiro atoms. The zero-order chi connectivity index (χ0) is 33.4. The molecule has 1 aliphatic rings. The molecule has 0 saturated heterocycles. The maximum Gasteiger partial charge on any atom is 0.264 e.